The summed E-state index contributed by atoms with van der Waals surface area (Å²) in [5.74, 6) is 2.03. The summed E-state index contributed by atoms with van der Waals surface area (Å²) >= 11 is 0. The number of hydrogen-bond donors (Lipinski definition) is 4. The van der Waals surface area contributed by atoms with Gasteiger partial charge in [-0.3, -0.25) is 14.5 Å². The molecular weight excluding hydrogens is 625 g/mol. The predicted octanol–water partition coefficient (Wildman–Crippen LogP) is 8.31. The first-order valence-corrected chi connectivity index (χ1v) is 21.5. The van der Waals surface area contributed by atoms with E-state index in [0.29, 0.717) is 29.1 Å². The van der Waals surface area contributed by atoms with Crippen molar-refractivity contribution in [3.8, 4) is 17.3 Å². The van der Waals surface area contributed by atoms with E-state index in [2.05, 4.69) is 88.5 Å². The van der Waals surface area contributed by atoms with E-state index in [0.717, 1.165) is 27.2 Å². The molecule has 0 spiro atoms. The van der Waals surface area contributed by atoms with Gasteiger partial charge < -0.3 is 15.4 Å². The highest BCUT2D eigenvalue weighted by Crippen LogP contribution is 2.63. The van der Waals surface area contributed by atoms with E-state index in [1.165, 1.54) is 5.30 Å². The van der Waals surface area contributed by atoms with Crippen LogP contribution < -0.4 is 26.0 Å². The van der Waals surface area contributed by atoms with Crippen LogP contribution in [0.2, 0.25) is 0 Å². The zero-order chi connectivity index (χ0) is 33.2. The molecule has 0 aliphatic carbocycles. The van der Waals surface area contributed by atoms with Crippen molar-refractivity contribution < 1.29 is 9.53 Å². The van der Waals surface area contributed by atoms with E-state index in [4.69, 9.17) is 9.84 Å². The predicted molar refractivity (Wildman–Crippen MR) is 201 cm³/mol. The molecule has 0 bridgehead atoms. The molecule has 9 nitrogen and oxygen atoms in total. The Hall–Kier alpha value is -4.92. The van der Waals surface area contributed by atoms with Crippen LogP contribution in [-0.4, -0.2) is 64.1 Å². The summed E-state index contributed by atoms with van der Waals surface area (Å²) in [4.78, 5) is 22.4. The molecule has 6 aromatic rings. The summed E-state index contributed by atoms with van der Waals surface area (Å²) in [5.41, 5.74) is 2.42. The topological polar surface area (TPSA) is 106 Å². The number of hydrogen-bond acceptors (Lipinski definition) is 6. The first-order valence-electron chi connectivity index (χ1n) is 15.2. The Morgan fingerprint density at radius 3 is 2.21 bits per heavy atom. The monoisotopic (exact) mass is 665 g/mol. The Bertz CT molecular complexity index is 2050. The Morgan fingerprint density at radius 1 is 0.809 bits per heavy atom. The van der Waals surface area contributed by atoms with Crippen molar-refractivity contribution in [3.63, 3.8) is 0 Å². The van der Waals surface area contributed by atoms with Gasteiger partial charge in [0.2, 0.25) is 11.8 Å². The molecule has 0 unspecified atom stereocenters. The number of carbonyl (C=O) groups excluding carboxylic acids is 1. The number of rotatable bonds is 9. The fourth-order valence-corrected chi connectivity index (χ4v) is 6.78. The average molecular weight is 666 g/mol. The molecule has 0 aliphatic heterocycles. The largest absolute Gasteiger partial charge is 0.438 e. The number of benzene rings is 4. The van der Waals surface area contributed by atoms with Gasteiger partial charge in [0.1, 0.15) is 11.6 Å². The van der Waals surface area contributed by atoms with Gasteiger partial charge >= 0.3 is 6.03 Å². The van der Waals surface area contributed by atoms with Gasteiger partial charge in [-0.05, 0) is 80.1 Å². The summed E-state index contributed by atoms with van der Waals surface area (Å²) in [7, 11) is -2.45. The van der Waals surface area contributed by atoms with Crippen LogP contribution >= 0.6 is 17.1 Å². The molecule has 242 valence electrons. The molecule has 0 radical (unpaired) electrons. The second-order valence-corrected chi connectivity index (χ2v) is 23.3. The minimum absolute atomic E-state index is 0.213. The Labute approximate surface area is 276 Å². The van der Waals surface area contributed by atoms with Crippen molar-refractivity contribution in [2.75, 3.05) is 54.3 Å². The number of fused-ring (bicyclic) bond motifs is 1. The molecule has 6 rings (SSSR count). The third kappa shape index (κ3) is 7.56. The maximum atomic E-state index is 13.5. The molecule has 4 aromatic carbocycles. The highest BCUT2D eigenvalue weighted by molar-refractivity contribution is 8.47. The van der Waals surface area contributed by atoms with Gasteiger partial charge in [0.05, 0.1) is 16.4 Å². The Balaban J connectivity index is 1.25. The van der Waals surface area contributed by atoms with Crippen LogP contribution in [0.5, 0.6) is 11.6 Å². The SMILES string of the molecule is CP(C)c1ccc(-n2nc([SH](C)(C)(C)C)cc2NC(=O)Nc2ccc(Oc3ccnc(Nc4ccccc4)n3)c3ccccc23)cc1. The van der Waals surface area contributed by atoms with Gasteiger partial charge in [-0.1, -0.05) is 62.5 Å². The Kier molecular flexibility index (Phi) is 8.66. The zero-order valence-electron chi connectivity index (χ0n) is 27.4. The van der Waals surface area contributed by atoms with E-state index in [-0.39, 0.29) is 14.0 Å². The fraction of sp³-hybridized carbons (Fsp3) is 0.167. The van der Waals surface area contributed by atoms with Crippen LogP contribution in [0.15, 0.2) is 114 Å². The molecule has 0 saturated heterocycles. The lowest BCUT2D eigenvalue weighted by atomic mass is 10.1. The molecule has 2 aromatic heterocycles. The highest BCUT2D eigenvalue weighted by Gasteiger charge is 2.27. The maximum absolute atomic E-state index is 13.5. The Morgan fingerprint density at radius 2 is 1.51 bits per heavy atom. The minimum atomic E-state index is -2.24. The number of urea groups is 1. The van der Waals surface area contributed by atoms with E-state index < -0.39 is 9.16 Å². The van der Waals surface area contributed by atoms with E-state index >= 15 is 0 Å². The molecule has 47 heavy (non-hydrogen) atoms. The third-order valence-electron chi connectivity index (χ3n) is 7.47. The van der Waals surface area contributed by atoms with Gasteiger partial charge in [0, 0.05) is 34.8 Å². The number of ether oxygens (including phenoxy) is 1. The number of amides is 2. The lowest BCUT2D eigenvalue weighted by Crippen LogP contribution is -2.21. The molecule has 2 heterocycles. The van der Waals surface area contributed by atoms with Gasteiger partial charge in [-0.25, -0.2) is 14.5 Å². The second-order valence-electron chi connectivity index (χ2n) is 13.3. The summed E-state index contributed by atoms with van der Waals surface area (Å²) in [6.07, 6.45) is 10.7. The minimum Gasteiger partial charge on any atom is -0.438 e. The number of nitrogens with zero attached hydrogens (tertiary/aromatic N) is 4. The first kappa shape index (κ1) is 32.0. The third-order valence-corrected chi connectivity index (χ3v) is 10.9. The maximum Gasteiger partial charge on any atom is 0.324 e. The van der Waals surface area contributed by atoms with Gasteiger partial charge in [0.25, 0.3) is 0 Å². The van der Waals surface area contributed by atoms with Crippen molar-refractivity contribution in [1.82, 2.24) is 19.7 Å². The molecule has 3 N–H and O–H groups in total. The molecule has 2 amide bonds. The molecule has 0 fully saturated rings. The summed E-state index contributed by atoms with van der Waals surface area (Å²) in [6, 6.07) is 32.9. The average Bonchev–Trinajstić information content (AvgIpc) is 3.47. The van der Waals surface area contributed by atoms with Crippen LogP contribution in [0.3, 0.4) is 0 Å². The van der Waals surface area contributed by atoms with E-state index in [1.54, 1.807) is 12.3 Å². The number of anilines is 4. The summed E-state index contributed by atoms with van der Waals surface area (Å²) in [6.45, 7) is 4.47. The van der Waals surface area contributed by atoms with Crippen molar-refractivity contribution in [2.24, 2.45) is 0 Å². The summed E-state index contributed by atoms with van der Waals surface area (Å²) < 4.78 is 8.06. The van der Waals surface area contributed by atoms with Crippen LogP contribution in [0, 0.1) is 0 Å². The number of thiol groups is 1. The van der Waals surface area contributed by atoms with Crippen LogP contribution in [0.4, 0.5) is 27.9 Å². The fourth-order valence-electron chi connectivity index (χ4n) is 4.95. The van der Waals surface area contributed by atoms with Crippen molar-refractivity contribution in [3.05, 3.63) is 109 Å². The molecule has 0 atom stereocenters. The number of nitrogens with one attached hydrogen (secondary N) is 3. The highest BCUT2D eigenvalue weighted by atomic mass is 32.3. The molecule has 11 heteroatoms. The molecular formula is C36H40N7O2PS. The smallest absolute Gasteiger partial charge is 0.324 e. The van der Waals surface area contributed by atoms with Crippen LogP contribution in [-0.2, 0) is 0 Å². The standard InChI is InChI=1S/C36H40N7O2PS/c1-46(2)27-18-16-26(17-19-27)43-32(24-34(42-43)47(3,4,5)6)40-36(44)39-30-20-21-31(29-15-11-10-14-28(29)30)45-33-22-23-37-35(41-33)38-25-12-8-7-9-13-25/h7-24,47H,1-6H3,(H,37,38,41)(H2,39,40,44). The number of carbonyl (C=O) groups is 1. The quantitative estimate of drug-likeness (QED) is 0.0915. The van der Waals surface area contributed by atoms with Crippen molar-refractivity contribution in [2.45, 2.75) is 5.03 Å². The number of aromatic nitrogens is 4. The second kappa shape index (κ2) is 12.7. The lowest BCUT2D eigenvalue weighted by Gasteiger charge is -2.44. The van der Waals surface area contributed by atoms with Gasteiger partial charge in [0.15, 0.2) is 0 Å². The van der Waals surface area contributed by atoms with Gasteiger partial charge in [-0.15, -0.1) is 0 Å². The normalized spacial score (nSPS) is 12.4. The number of para-hydroxylation sites is 1. The van der Waals surface area contributed by atoms with Crippen molar-refractivity contribution >= 4 is 62.3 Å². The first-order chi connectivity index (χ1) is 22.4. The van der Waals surface area contributed by atoms with Crippen molar-refractivity contribution in [1.29, 1.82) is 0 Å². The lowest BCUT2D eigenvalue weighted by molar-refractivity contribution is 0.262. The van der Waals surface area contributed by atoms with Crippen LogP contribution in [0.1, 0.15) is 0 Å². The summed E-state index contributed by atoms with van der Waals surface area (Å²) in [5, 5.41) is 18.3. The molecule has 0 aliphatic rings. The van der Waals surface area contributed by atoms with E-state index in [1.807, 2.05) is 77.5 Å². The van der Waals surface area contributed by atoms with Gasteiger partial charge in [-0.2, -0.15) is 10.1 Å². The molecule has 0 saturated carbocycles. The zero-order valence-corrected chi connectivity index (χ0v) is 29.2. The van der Waals surface area contributed by atoms with E-state index in [9.17, 15) is 4.79 Å². The van der Waals surface area contributed by atoms with Crippen LogP contribution in [0.25, 0.3) is 16.5 Å².